The molecule has 0 saturated heterocycles. The summed E-state index contributed by atoms with van der Waals surface area (Å²) in [5, 5.41) is 4.51. The zero-order valence-electron chi connectivity index (χ0n) is 57.4. The zero-order chi connectivity index (χ0) is 65.6. The number of aryl methyl sites for hydroxylation is 3. The number of hydrogen-bond donors (Lipinski definition) is 0. The van der Waals surface area contributed by atoms with Crippen LogP contribution in [-0.2, 0) is 27.1 Å². The molecule has 2 aromatic heterocycles. The van der Waals surface area contributed by atoms with Gasteiger partial charge in [0.05, 0.1) is 0 Å². The number of rotatable bonds is 6. The lowest BCUT2D eigenvalue weighted by Crippen LogP contribution is -2.25. The molecule has 0 unspecified atom stereocenters. The predicted octanol–water partition coefficient (Wildman–Crippen LogP) is 23.7. The first-order valence-electron chi connectivity index (χ1n) is 34.2. The van der Waals surface area contributed by atoms with Crippen LogP contribution < -0.4 is 15.5 Å². The first-order chi connectivity index (χ1) is 45.5. The van der Waals surface area contributed by atoms with Crippen LogP contribution in [0.2, 0.25) is 0 Å². The van der Waals surface area contributed by atoms with E-state index >= 15 is 0 Å². The van der Waals surface area contributed by atoms with Crippen LogP contribution in [0.5, 0.6) is 0 Å². The number of fused-ring (bicyclic) bond motifs is 24. The average molecular weight is 1230 g/mol. The molecule has 0 atom stereocenters. The molecule has 0 radical (unpaired) electrons. The van der Waals surface area contributed by atoms with Crippen molar-refractivity contribution in [1.29, 1.82) is 0 Å². The second kappa shape index (κ2) is 19.1. The minimum absolute atomic E-state index is 0.242. The van der Waals surface area contributed by atoms with Crippen LogP contribution in [0.4, 0.5) is 17.1 Å². The van der Waals surface area contributed by atoms with E-state index < -0.39 is 5.41 Å². The van der Waals surface area contributed by atoms with E-state index in [9.17, 15) is 0 Å². The van der Waals surface area contributed by atoms with Crippen LogP contribution in [0.25, 0.3) is 123 Å². The van der Waals surface area contributed by atoms with E-state index in [1.165, 1.54) is 156 Å². The van der Waals surface area contributed by atoms with Crippen molar-refractivity contribution in [2.24, 2.45) is 0 Å². The fourth-order valence-electron chi connectivity index (χ4n) is 19.3. The highest BCUT2D eigenvalue weighted by Gasteiger charge is 2.51. The van der Waals surface area contributed by atoms with Crippen molar-refractivity contribution in [3.8, 4) is 77.9 Å². The monoisotopic (exact) mass is 1230 g/mol. The van der Waals surface area contributed by atoms with Crippen molar-refractivity contribution < 1.29 is 8.83 Å². The summed E-state index contributed by atoms with van der Waals surface area (Å²) in [6.07, 6.45) is 6.44. The molecule has 5 aliphatic carbocycles. The summed E-state index contributed by atoms with van der Waals surface area (Å²) in [5.41, 5.74) is 41.8. The van der Waals surface area contributed by atoms with E-state index in [0.29, 0.717) is 5.42 Å². The summed E-state index contributed by atoms with van der Waals surface area (Å²) in [6.45, 7) is 40.4. The van der Waals surface area contributed by atoms with E-state index in [0.717, 1.165) is 55.4 Å². The highest BCUT2D eigenvalue weighted by Crippen LogP contribution is 2.66. The summed E-state index contributed by atoms with van der Waals surface area (Å²) >= 11 is 0. The van der Waals surface area contributed by atoms with Gasteiger partial charge in [0, 0.05) is 76.6 Å². The molecule has 464 valence electrons. The molecule has 0 aliphatic heterocycles. The third-order valence-electron chi connectivity index (χ3n) is 23.6. The molecular weight excluding hydrogens is 1150 g/mol. The maximum Gasteiger partial charge on any atom is 0.144 e. The van der Waals surface area contributed by atoms with Crippen LogP contribution >= 0.6 is 0 Å². The van der Waals surface area contributed by atoms with Crippen LogP contribution in [0, 0.1) is 27.7 Å². The van der Waals surface area contributed by atoms with Gasteiger partial charge in [-0.05, 0) is 217 Å². The SMILES string of the molecule is C=c1oc2c3c(c4c(c2/c1=C/C=C\C)-c1ccc(N(c2ccc5c(c2)C(C)(C)c2cc(-c6cc(C)cc(C)c6)c6oc7ccccc7c6c2-5)c2ccc5c(c2)C(C)(C)c2c-5c(C)c(-c5ccccc5C)c5c2C(C)(C)c2ccccc2-5)cc1C4(C)C)C(C)(C)c1ccccc1-3. The number of nitrogens with zero attached hydrogens (tertiary/aromatic N) is 1. The number of hydrogen-bond acceptors (Lipinski definition) is 3. The van der Waals surface area contributed by atoms with Crippen LogP contribution in [0.15, 0.2) is 197 Å². The number of para-hydroxylation sites is 1. The minimum Gasteiger partial charge on any atom is -0.456 e. The van der Waals surface area contributed by atoms with Gasteiger partial charge < -0.3 is 13.7 Å². The van der Waals surface area contributed by atoms with Crippen molar-refractivity contribution in [2.45, 2.75) is 131 Å². The number of furan rings is 2. The van der Waals surface area contributed by atoms with Gasteiger partial charge >= 0.3 is 0 Å². The largest absolute Gasteiger partial charge is 0.456 e. The van der Waals surface area contributed by atoms with E-state index in [1.807, 2.05) is 0 Å². The van der Waals surface area contributed by atoms with Crippen LogP contribution in [0.3, 0.4) is 0 Å². The van der Waals surface area contributed by atoms with Crippen molar-refractivity contribution in [1.82, 2.24) is 0 Å². The molecule has 11 aromatic carbocycles. The predicted molar refractivity (Wildman–Crippen MR) is 400 cm³/mol. The van der Waals surface area contributed by atoms with E-state index in [-0.39, 0.29) is 21.7 Å². The topological polar surface area (TPSA) is 29.5 Å². The highest BCUT2D eigenvalue weighted by atomic mass is 16.3. The molecule has 2 heterocycles. The molecule has 0 fully saturated rings. The summed E-state index contributed by atoms with van der Waals surface area (Å²) in [5.74, 6) is 0. The molecule has 3 nitrogen and oxygen atoms in total. The average Bonchev–Trinajstić information content (AvgIpc) is 1.50. The lowest BCUT2D eigenvalue weighted by molar-refractivity contribution is 0.574. The standard InChI is InChI=1S/C92H79NO2/c1-17-18-28-59-53(6)94-87-79(59)78-64-41-38-57(47-71(64)92(15,16)84(78)85-81(87)61-31-22-25-34-68(61)90(85,11)12)93(55-37-40-63-69(45-55)88(7,8)72-48-66(54-43-49(2)42-50(3)44-54)86-80(76(63)72)65-32-23-26-35-73(65)95-86)56-36-39-62-70(46-56)91(13,14)82-75(62)52(5)74(58-29-20-19-27-51(58)4)77-60-30-21-24-33-67(60)89(9,10)83(77)82/h17-48H,6H2,1-5,7-16H3/b18-17-,59-28+. The summed E-state index contributed by atoms with van der Waals surface area (Å²) < 4.78 is 14.0. The quantitative estimate of drug-likeness (QED) is 0.166. The maximum atomic E-state index is 7.03. The molecule has 0 bridgehead atoms. The Labute approximate surface area is 558 Å². The van der Waals surface area contributed by atoms with Crippen molar-refractivity contribution in [3.63, 3.8) is 0 Å². The second-order valence-electron chi connectivity index (χ2n) is 30.9. The fraction of sp³-hybridized carbons (Fsp3) is 0.217. The Morgan fingerprint density at radius 3 is 1.47 bits per heavy atom. The van der Waals surface area contributed by atoms with Gasteiger partial charge in [0.25, 0.3) is 0 Å². The molecule has 0 spiro atoms. The number of allylic oxidation sites excluding steroid dienone is 2. The van der Waals surface area contributed by atoms with Gasteiger partial charge in [0.15, 0.2) is 0 Å². The second-order valence-corrected chi connectivity index (χ2v) is 30.9. The molecule has 3 heteroatoms. The third kappa shape index (κ3) is 7.37. The van der Waals surface area contributed by atoms with Crippen LogP contribution in [0.1, 0.15) is 154 Å². The number of benzene rings is 11. The van der Waals surface area contributed by atoms with Gasteiger partial charge in [-0.15, -0.1) is 0 Å². The normalized spacial score (nSPS) is 16.4. The molecule has 95 heavy (non-hydrogen) atoms. The van der Waals surface area contributed by atoms with Gasteiger partial charge in [-0.2, -0.15) is 0 Å². The lowest BCUT2D eigenvalue weighted by atomic mass is 9.70. The van der Waals surface area contributed by atoms with Gasteiger partial charge in [0.1, 0.15) is 22.2 Å². The van der Waals surface area contributed by atoms with Gasteiger partial charge in [-0.25, -0.2) is 0 Å². The highest BCUT2D eigenvalue weighted by molar-refractivity contribution is 6.19. The molecule has 18 rings (SSSR count). The Hall–Kier alpha value is -9.96. The lowest BCUT2D eigenvalue weighted by Gasteiger charge is -2.33. The van der Waals surface area contributed by atoms with E-state index in [2.05, 4.69) is 309 Å². The first kappa shape index (κ1) is 57.7. The number of anilines is 3. The Balaban J connectivity index is 0.890. The van der Waals surface area contributed by atoms with Crippen molar-refractivity contribution in [2.75, 3.05) is 4.90 Å². The summed E-state index contributed by atoms with van der Waals surface area (Å²) in [7, 11) is 0. The minimum atomic E-state index is -0.424. The fourth-order valence-corrected chi connectivity index (χ4v) is 19.3. The summed E-state index contributed by atoms with van der Waals surface area (Å²) in [6, 6.07) is 67.5. The Morgan fingerprint density at radius 2 is 0.863 bits per heavy atom. The molecule has 0 N–H and O–H groups in total. The molecule has 0 saturated carbocycles. The van der Waals surface area contributed by atoms with Crippen molar-refractivity contribution in [3.05, 3.63) is 277 Å². The first-order valence-corrected chi connectivity index (χ1v) is 34.2. The third-order valence-corrected chi connectivity index (χ3v) is 23.6. The van der Waals surface area contributed by atoms with Crippen molar-refractivity contribution >= 4 is 62.6 Å². The Bertz CT molecular complexity index is 5820. The molecule has 0 amide bonds. The Morgan fingerprint density at radius 1 is 0.379 bits per heavy atom. The molecular formula is C92H79NO2. The van der Waals surface area contributed by atoms with E-state index in [4.69, 9.17) is 8.83 Å². The van der Waals surface area contributed by atoms with Crippen LogP contribution in [-0.4, -0.2) is 0 Å². The molecule has 5 aliphatic rings. The summed E-state index contributed by atoms with van der Waals surface area (Å²) in [4.78, 5) is 2.59. The maximum absolute atomic E-state index is 7.03. The van der Waals surface area contributed by atoms with E-state index in [1.54, 1.807) is 0 Å². The van der Waals surface area contributed by atoms with Gasteiger partial charge in [0.2, 0.25) is 0 Å². The zero-order valence-corrected chi connectivity index (χ0v) is 57.4. The van der Waals surface area contributed by atoms with Gasteiger partial charge in [-0.1, -0.05) is 233 Å². The van der Waals surface area contributed by atoms with Gasteiger partial charge in [-0.3, -0.25) is 0 Å². The Kier molecular flexibility index (Phi) is 11.6. The smallest absolute Gasteiger partial charge is 0.144 e. The molecule has 13 aromatic rings.